The number of methoxy groups -OCH3 is 1. The van der Waals surface area contributed by atoms with Gasteiger partial charge in [0, 0.05) is 0 Å². The van der Waals surface area contributed by atoms with Crippen molar-refractivity contribution in [2.24, 2.45) is 0 Å². The number of carbonyl (C=O) groups excluding carboxylic acids is 1. The van der Waals surface area contributed by atoms with Crippen LogP contribution in [0.15, 0.2) is 12.1 Å². The Hall–Kier alpha value is -1.91. The van der Waals surface area contributed by atoms with Crippen LogP contribution in [-0.2, 0) is 14.9 Å². The first-order valence-corrected chi connectivity index (χ1v) is 5.55. The predicted molar refractivity (Wildman–Crippen MR) is 61.0 cm³/mol. The van der Waals surface area contributed by atoms with Crippen LogP contribution in [0.3, 0.4) is 0 Å². The maximum absolute atomic E-state index is 13.8. The minimum Gasteiger partial charge on any atom is -0.481 e. The minimum atomic E-state index is -1.03. The van der Waals surface area contributed by atoms with Gasteiger partial charge in [0.1, 0.15) is 5.82 Å². The fourth-order valence-electron chi connectivity index (χ4n) is 2.03. The van der Waals surface area contributed by atoms with E-state index in [0.29, 0.717) is 18.4 Å². The molecule has 0 aromatic heterocycles. The van der Waals surface area contributed by atoms with Crippen LogP contribution in [-0.4, -0.2) is 24.2 Å². The molecule has 4 nitrogen and oxygen atoms in total. The van der Waals surface area contributed by atoms with Crippen LogP contribution in [0.2, 0.25) is 0 Å². The van der Waals surface area contributed by atoms with Gasteiger partial charge in [0.2, 0.25) is 0 Å². The van der Waals surface area contributed by atoms with Crippen LogP contribution in [0.5, 0.6) is 0 Å². The quantitative estimate of drug-likeness (QED) is 0.836. The van der Waals surface area contributed by atoms with Crippen LogP contribution >= 0.6 is 0 Å². The lowest BCUT2D eigenvalue weighted by molar-refractivity contribution is -0.140. The van der Waals surface area contributed by atoms with Crippen molar-refractivity contribution in [3.05, 3.63) is 34.6 Å². The van der Waals surface area contributed by atoms with Gasteiger partial charge in [-0.2, -0.15) is 0 Å². The van der Waals surface area contributed by atoms with Crippen LogP contribution in [0.1, 0.15) is 34.3 Å². The zero-order chi connectivity index (χ0) is 13.5. The van der Waals surface area contributed by atoms with Crippen molar-refractivity contribution in [2.45, 2.75) is 25.2 Å². The van der Waals surface area contributed by atoms with Crippen LogP contribution < -0.4 is 0 Å². The molecule has 96 valence electrons. The fraction of sp³-hybridized carbons (Fsp3) is 0.385. The number of ether oxygens (including phenoxy) is 1. The Balaban J connectivity index is 2.55. The normalized spacial score (nSPS) is 16.2. The van der Waals surface area contributed by atoms with E-state index in [9.17, 15) is 14.0 Å². The fourth-order valence-corrected chi connectivity index (χ4v) is 2.03. The topological polar surface area (TPSA) is 63.6 Å². The molecule has 0 amide bonds. The Morgan fingerprint density at radius 1 is 1.39 bits per heavy atom. The van der Waals surface area contributed by atoms with E-state index in [2.05, 4.69) is 4.74 Å². The molecular formula is C13H13FO4. The lowest BCUT2D eigenvalue weighted by atomic mass is 9.92. The number of esters is 1. The maximum atomic E-state index is 13.8. The van der Waals surface area contributed by atoms with Crippen molar-refractivity contribution in [3.8, 4) is 0 Å². The van der Waals surface area contributed by atoms with Gasteiger partial charge in [-0.1, -0.05) is 0 Å². The first-order valence-electron chi connectivity index (χ1n) is 5.55. The highest BCUT2D eigenvalue weighted by Gasteiger charge is 2.52. The van der Waals surface area contributed by atoms with Crippen molar-refractivity contribution in [2.75, 3.05) is 7.11 Å². The molecule has 0 aliphatic heterocycles. The standard InChI is InChI=1S/C13H13FO4/c1-7-9(11(15)18-2)5-8(6-10(7)14)13(3-4-13)12(16)17/h5-6H,3-4H2,1-2H3,(H,16,17). The van der Waals surface area contributed by atoms with Crippen molar-refractivity contribution < 1.29 is 23.8 Å². The SMILES string of the molecule is COC(=O)c1cc(C2(C(=O)O)CC2)cc(F)c1C. The summed E-state index contributed by atoms with van der Waals surface area (Å²) >= 11 is 0. The summed E-state index contributed by atoms with van der Waals surface area (Å²) in [5.74, 6) is -2.23. The van der Waals surface area contributed by atoms with E-state index in [1.54, 1.807) is 0 Å². The number of aliphatic carboxylic acids is 1. The molecule has 2 rings (SSSR count). The maximum Gasteiger partial charge on any atom is 0.338 e. The molecule has 0 saturated heterocycles. The molecule has 1 saturated carbocycles. The summed E-state index contributed by atoms with van der Waals surface area (Å²) in [6.07, 6.45) is 0.927. The van der Waals surface area contributed by atoms with E-state index in [1.807, 2.05) is 0 Å². The first-order chi connectivity index (χ1) is 8.42. The number of carbonyl (C=O) groups is 2. The van der Waals surface area contributed by atoms with E-state index >= 15 is 0 Å². The molecule has 0 heterocycles. The van der Waals surface area contributed by atoms with Gasteiger partial charge in [-0.15, -0.1) is 0 Å². The lowest BCUT2D eigenvalue weighted by Gasteiger charge is -2.13. The van der Waals surface area contributed by atoms with Crippen molar-refractivity contribution >= 4 is 11.9 Å². The molecule has 1 aliphatic rings. The third-order valence-electron chi connectivity index (χ3n) is 3.46. The average Bonchev–Trinajstić information content (AvgIpc) is 3.12. The Labute approximate surface area is 103 Å². The van der Waals surface area contributed by atoms with Gasteiger partial charge >= 0.3 is 11.9 Å². The Morgan fingerprint density at radius 2 is 2.00 bits per heavy atom. The molecular weight excluding hydrogens is 239 g/mol. The van der Waals surface area contributed by atoms with E-state index in [-0.39, 0.29) is 11.1 Å². The molecule has 0 atom stereocenters. The van der Waals surface area contributed by atoms with Crippen molar-refractivity contribution in [1.82, 2.24) is 0 Å². The molecule has 1 aromatic carbocycles. The van der Waals surface area contributed by atoms with Gasteiger partial charge in [0.05, 0.1) is 18.1 Å². The van der Waals surface area contributed by atoms with Crippen molar-refractivity contribution in [1.29, 1.82) is 0 Å². The molecule has 0 spiro atoms. The van der Waals surface area contributed by atoms with Crippen LogP contribution in [0.25, 0.3) is 0 Å². The zero-order valence-electron chi connectivity index (χ0n) is 10.1. The molecule has 0 bridgehead atoms. The number of benzene rings is 1. The van der Waals surface area contributed by atoms with Gasteiger partial charge in [0.15, 0.2) is 0 Å². The second-order valence-electron chi connectivity index (χ2n) is 4.51. The highest BCUT2D eigenvalue weighted by molar-refractivity contribution is 5.92. The summed E-state index contributed by atoms with van der Waals surface area (Å²) in [5, 5.41) is 9.17. The summed E-state index contributed by atoms with van der Waals surface area (Å²) in [5.41, 5.74) is -0.442. The summed E-state index contributed by atoms with van der Waals surface area (Å²) in [4.78, 5) is 22.7. The highest BCUT2D eigenvalue weighted by atomic mass is 19.1. The first kappa shape index (κ1) is 12.5. The zero-order valence-corrected chi connectivity index (χ0v) is 10.1. The van der Waals surface area contributed by atoms with E-state index in [0.717, 1.165) is 0 Å². The summed E-state index contributed by atoms with van der Waals surface area (Å²) < 4.78 is 18.3. The smallest absolute Gasteiger partial charge is 0.338 e. The Kier molecular flexibility index (Phi) is 2.84. The minimum absolute atomic E-state index is 0.0834. The van der Waals surface area contributed by atoms with Gasteiger partial charge in [-0.3, -0.25) is 4.79 Å². The highest BCUT2D eigenvalue weighted by Crippen LogP contribution is 2.49. The second-order valence-corrected chi connectivity index (χ2v) is 4.51. The van der Waals surface area contributed by atoms with Gasteiger partial charge in [0.25, 0.3) is 0 Å². The number of carboxylic acids is 1. The van der Waals surface area contributed by atoms with Gasteiger partial charge in [-0.25, -0.2) is 9.18 Å². The molecule has 1 fully saturated rings. The second kappa shape index (κ2) is 4.08. The average molecular weight is 252 g/mol. The monoisotopic (exact) mass is 252 g/mol. The lowest BCUT2D eigenvalue weighted by Crippen LogP contribution is -2.21. The number of rotatable bonds is 3. The van der Waals surface area contributed by atoms with Gasteiger partial charge in [-0.05, 0) is 43.0 Å². The Morgan fingerprint density at radius 3 is 2.44 bits per heavy atom. The molecule has 1 N–H and O–H groups in total. The molecule has 18 heavy (non-hydrogen) atoms. The van der Waals surface area contributed by atoms with Crippen LogP contribution in [0, 0.1) is 12.7 Å². The molecule has 1 aliphatic carbocycles. The number of halogens is 1. The summed E-state index contributed by atoms with van der Waals surface area (Å²) in [7, 11) is 1.20. The van der Waals surface area contributed by atoms with E-state index < -0.39 is 23.2 Å². The van der Waals surface area contributed by atoms with E-state index in [1.165, 1.54) is 26.2 Å². The largest absolute Gasteiger partial charge is 0.481 e. The number of carboxylic acid groups (broad SMARTS) is 1. The number of hydrogen-bond donors (Lipinski definition) is 1. The summed E-state index contributed by atoms with van der Waals surface area (Å²) in [6, 6.07) is 2.62. The molecule has 0 radical (unpaired) electrons. The molecule has 5 heteroatoms. The number of hydrogen-bond acceptors (Lipinski definition) is 3. The van der Waals surface area contributed by atoms with E-state index in [4.69, 9.17) is 5.11 Å². The third kappa shape index (κ3) is 1.75. The van der Waals surface area contributed by atoms with Crippen molar-refractivity contribution in [3.63, 3.8) is 0 Å². The predicted octanol–water partition coefficient (Wildman–Crippen LogP) is 2.04. The Bertz CT molecular complexity index is 532. The molecule has 0 unspecified atom stereocenters. The van der Waals surface area contributed by atoms with Crippen LogP contribution in [0.4, 0.5) is 4.39 Å². The summed E-state index contributed by atoms with van der Waals surface area (Å²) in [6.45, 7) is 1.46. The van der Waals surface area contributed by atoms with Gasteiger partial charge < -0.3 is 9.84 Å². The molecule has 1 aromatic rings. The third-order valence-corrected chi connectivity index (χ3v) is 3.46.